The molecule has 0 aromatic carbocycles. The largest absolute Gasteiger partial charge is 0.330 e. The lowest BCUT2D eigenvalue weighted by Gasteiger charge is -2.22. The summed E-state index contributed by atoms with van der Waals surface area (Å²) in [6.45, 7) is 8.38. The molecule has 0 bridgehead atoms. The van der Waals surface area contributed by atoms with Crippen molar-refractivity contribution in [3.8, 4) is 0 Å². The Morgan fingerprint density at radius 2 is 2.47 bits per heavy atom. The van der Waals surface area contributed by atoms with Crippen LogP contribution in [-0.4, -0.2) is 34.7 Å². The SMILES string of the molecule is Cc1[nH]ncc1CN1CCC(C)(CN)C1. The van der Waals surface area contributed by atoms with E-state index in [0.717, 1.165) is 26.2 Å². The molecule has 84 valence electrons. The highest BCUT2D eigenvalue weighted by Gasteiger charge is 2.32. The molecular weight excluding hydrogens is 188 g/mol. The van der Waals surface area contributed by atoms with Gasteiger partial charge < -0.3 is 5.73 Å². The molecule has 1 aliphatic heterocycles. The van der Waals surface area contributed by atoms with Gasteiger partial charge in [-0.25, -0.2) is 0 Å². The summed E-state index contributed by atoms with van der Waals surface area (Å²) in [7, 11) is 0. The van der Waals surface area contributed by atoms with Gasteiger partial charge in [0.1, 0.15) is 0 Å². The van der Waals surface area contributed by atoms with Crippen molar-refractivity contribution in [3.63, 3.8) is 0 Å². The Labute approximate surface area is 90.8 Å². The molecule has 1 saturated heterocycles. The number of hydrogen-bond donors (Lipinski definition) is 2. The second-order valence-electron chi connectivity index (χ2n) is 5.00. The Morgan fingerprint density at radius 1 is 1.67 bits per heavy atom. The maximum absolute atomic E-state index is 5.79. The zero-order valence-electron chi connectivity index (χ0n) is 9.58. The summed E-state index contributed by atoms with van der Waals surface area (Å²) in [5.74, 6) is 0. The molecule has 4 heteroatoms. The molecule has 4 nitrogen and oxygen atoms in total. The van der Waals surface area contributed by atoms with Crippen LogP contribution >= 0.6 is 0 Å². The van der Waals surface area contributed by atoms with E-state index in [-0.39, 0.29) is 0 Å². The molecule has 1 fully saturated rings. The van der Waals surface area contributed by atoms with Gasteiger partial charge in [0.2, 0.25) is 0 Å². The predicted octanol–water partition coefficient (Wildman–Crippen LogP) is 0.889. The van der Waals surface area contributed by atoms with Gasteiger partial charge in [-0.05, 0) is 31.8 Å². The van der Waals surface area contributed by atoms with Crippen molar-refractivity contribution < 1.29 is 0 Å². The van der Waals surface area contributed by atoms with Gasteiger partial charge in [-0.2, -0.15) is 5.10 Å². The Morgan fingerprint density at radius 3 is 3.00 bits per heavy atom. The minimum Gasteiger partial charge on any atom is -0.330 e. The number of aromatic amines is 1. The van der Waals surface area contributed by atoms with E-state index in [1.807, 2.05) is 6.20 Å². The van der Waals surface area contributed by atoms with Crippen LogP contribution in [0.2, 0.25) is 0 Å². The maximum atomic E-state index is 5.79. The minimum atomic E-state index is 0.317. The Bertz CT molecular complexity index is 333. The number of aryl methyl sites for hydroxylation is 1. The van der Waals surface area contributed by atoms with E-state index in [4.69, 9.17) is 5.73 Å². The lowest BCUT2D eigenvalue weighted by Crippen LogP contribution is -2.31. The van der Waals surface area contributed by atoms with Crippen LogP contribution in [0.1, 0.15) is 24.6 Å². The van der Waals surface area contributed by atoms with Crippen LogP contribution in [0.4, 0.5) is 0 Å². The van der Waals surface area contributed by atoms with E-state index in [9.17, 15) is 0 Å². The highest BCUT2D eigenvalue weighted by molar-refractivity contribution is 5.14. The minimum absolute atomic E-state index is 0.317. The highest BCUT2D eigenvalue weighted by Crippen LogP contribution is 2.29. The first kappa shape index (κ1) is 10.6. The number of nitrogens with zero attached hydrogens (tertiary/aromatic N) is 2. The van der Waals surface area contributed by atoms with Crippen LogP contribution in [0.15, 0.2) is 6.20 Å². The molecule has 1 aromatic heterocycles. The highest BCUT2D eigenvalue weighted by atomic mass is 15.2. The molecule has 0 spiro atoms. The van der Waals surface area contributed by atoms with Gasteiger partial charge in [0.15, 0.2) is 0 Å². The molecule has 1 aromatic rings. The zero-order chi connectivity index (χ0) is 10.9. The number of nitrogens with one attached hydrogen (secondary N) is 1. The molecule has 2 rings (SSSR count). The lowest BCUT2D eigenvalue weighted by atomic mass is 9.90. The van der Waals surface area contributed by atoms with E-state index >= 15 is 0 Å². The van der Waals surface area contributed by atoms with Crippen LogP contribution in [0, 0.1) is 12.3 Å². The van der Waals surface area contributed by atoms with Crippen molar-refractivity contribution in [2.24, 2.45) is 11.1 Å². The first-order valence-electron chi connectivity index (χ1n) is 5.54. The van der Waals surface area contributed by atoms with Crippen LogP contribution < -0.4 is 5.73 Å². The summed E-state index contributed by atoms with van der Waals surface area (Å²) in [5, 5.41) is 7.02. The van der Waals surface area contributed by atoms with E-state index in [1.54, 1.807) is 0 Å². The van der Waals surface area contributed by atoms with Crippen LogP contribution in [0.3, 0.4) is 0 Å². The van der Waals surface area contributed by atoms with Gasteiger partial charge in [-0.15, -0.1) is 0 Å². The number of nitrogens with two attached hydrogens (primary N) is 1. The Kier molecular flexibility index (Phi) is 2.80. The molecule has 0 aliphatic carbocycles. The molecular formula is C11H20N4. The van der Waals surface area contributed by atoms with E-state index in [1.165, 1.54) is 17.7 Å². The quantitative estimate of drug-likeness (QED) is 0.775. The average molecular weight is 208 g/mol. The molecule has 0 saturated carbocycles. The number of likely N-dealkylation sites (tertiary alicyclic amines) is 1. The van der Waals surface area contributed by atoms with Crippen molar-refractivity contribution in [2.45, 2.75) is 26.8 Å². The third-order valence-electron chi connectivity index (χ3n) is 3.46. The molecule has 15 heavy (non-hydrogen) atoms. The first-order chi connectivity index (χ1) is 7.13. The smallest absolute Gasteiger partial charge is 0.0535 e. The summed E-state index contributed by atoms with van der Waals surface area (Å²) in [5.41, 5.74) is 8.58. The third-order valence-corrected chi connectivity index (χ3v) is 3.46. The van der Waals surface area contributed by atoms with Gasteiger partial charge >= 0.3 is 0 Å². The van der Waals surface area contributed by atoms with E-state index < -0.39 is 0 Å². The summed E-state index contributed by atoms with van der Waals surface area (Å²) >= 11 is 0. The van der Waals surface area contributed by atoms with Gasteiger partial charge in [-0.3, -0.25) is 10.00 Å². The normalized spacial score (nSPS) is 27.4. The number of rotatable bonds is 3. The van der Waals surface area contributed by atoms with Crippen molar-refractivity contribution in [1.82, 2.24) is 15.1 Å². The van der Waals surface area contributed by atoms with Crippen LogP contribution in [0.25, 0.3) is 0 Å². The fourth-order valence-corrected chi connectivity index (χ4v) is 2.20. The monoisotopic (exact) mass is 208 g/mol. The predicted molar refractivity (Wildman–Crippen MR) is 60.4 cm³/mol. The average Bonchev–Trinajstić information content (AvgIpc) is 2.77. The summed E-state index contributed by atoms with van der Waals surface area (Å²) in [6, 6.07) is 0. The molecule has 1 unspecified atom stereocenters. The fourth-order valence-electron chi connectivity index (χ4n) is 2.20. The second-order valence-corrected chi connectivity index (χ2v) is 5.00. The summed E-state index contributed by atoms with van der Waals surface area (Å²) in [6.07, 6.45) is 3.13. The van der Waals surface area contributed by atoms with E-state index in [0.29, 0.717) is 5.41 Å². The number of hydrogen-bond acceptors (Lipinski definition) is 3. The molecule has 2 heterocycles. The zero-order valence-corrected chi connectivity index (χ0v) is 9.58. The molecule has 0 amide bonds. The van der Waals surface area contributed by atoms with Crippen molar-refractivity contribution in [2.75, 3.05) is 19.6 Å². The van der Waals surface area contributed by atoms with Gasteiger partial charge in [0.25, 0.3) is 0 Å². The molecule has 1 atom stereocenters. The molecule has 1 aliphatic rings. The van der Waals surface area contributed by atoms with Crippen molar-refractivity contribution in [1.29, 1.82) is 0 Å². The fraction of sp³-hybridized carbons (Fsp3) is 0.727. The Balaban J connectivity index is 1.96. The van der Waals surface area contributed by atoms with Crippen molar-refractivity contribution >= 4 is 0 Å². The lowest BCUT2D eigenvalue weighted by molar-refractivity contribution is 0.274. The second kappa shape index (κ2) is 3.94. The van der Waals surface area contributed by atoms with Gasteiger partial charge in [0, 0.05) is 24.3 Å². The van der Waals surface area contributed by atoms with E-state index in [2.05, 4.69) is 28.9 Å². The van der Waals surface area contributed by atoms with Crippen LogP contribution in [-0.2, 0) is 6.54 Å². The summed E-state index contributed by atoms with van der Waals surface area (Å²) < 4.78 is 0. The third kappa shape index (κ3) is 2.21. The topological polar surface area (TPSA) is 57.9 Å². The molecule has 3 N–H and O–H groups in total. The van der Waals surface area contributed by atoms with Crippen molar-refractivity contribution in [3.05, 3.63) is 17.5 Å². The van der Waals surface area contributed by atoms with Gasteiger partial charge in [-0.1, -0.05) is 6.92 Å². The van der Waals surface area contributed by atoms with Crippen LogP contribution in [0.5, 0.6) is 0 Å². The summed E-state index contributed by atoms with van der Waals surface area (Å²) in [4.78, 5) is 2.46. The van der Waals surface area contributed by atoms with Gasteiger partial charge in [0.05, 0.1) is 6.20 Å². The number of aromatic nitrogens is 2. The number of H-pyrrole nitrogens is 1. The molecule has 0 radical (unpaired) electrons. The first-order valence-corrected chi connectivity index (χ1v) is 5.54. The standard InChI is InChI=1S/C11H20N4/c1-9-10(5-13-14-9)6-15-4-3-11(2,7-12)8-15/h5H,3-4,6-8,12H2,1-2H3,(H,13,14). The Hall–Kier alpha value is -0.870. The maximum Gasteiger partial charge on any atom is 0.0535 e.